The molecule has 1 aliphatic heterocycles. The minimum atomic E-state index is -0.942. The van der Waals surface area contributed by atoms with Crippen LogP contribution < -0.4 is 5.32 Å². The molecule has 0 fully saturated rings. The highest BCUT2D eigenvalue weighted by Crippen LogP contribution is 2.41. The van der Waals surface area contributed by atoms with E-state index in [1.165, 1.54) is 11.3 Å². The van der Waals surface area contributed by atoms with Crippen LogP contribution in [-0.4, -0.2) is 28.0 Å². The van der Waals surface area contributed by atoms with E-state index >= 15 is 0 Å². The van der Waals surface area contributed by atoms with Crippen molar-refractivity contribution >= 4 is 40.2 Å². The summed E-state index contributed by atoms with van der Waals surface area (Å²) in [5.74, 6) is -1.37. The quantitative estimate of drug-likeness (QED) is 0.579. The molecule has 4 rings (SSSR count). The highest BCUT2D eigenvalue weighted by atomic mass is 32.1. The Balaban J connectivity index is 1.97. The van der Waals surface area contributed by atoms with Gasteiger partial charge in [0.2, 0.25) is 11.9 Å². The van der Waals surface area contributed by atoms with Gasteiger partial charge in [-0.2, -0.15) is 0 Å². The van der Waals surface area contributed by atoms with E-state index in [-0.39, 0.29) is 12.5 Å². The number of ether oxygens (including phenoxy) is 1. The van der Waals surface area contributed by atoms with Crippen molar-refractivity contribution in [2.75, 3.05) is 11.9 Å². The molecular weight excluding hydrogens is 338 g/mol. The number of amides is 1. The van der Waals surface area contributed by atoms with E-state index < -0.39 is 17.9 Å². The Bertz CT molecular complexity index is 975. The molecule has 7 heteroatoms. The predicted molar refractivity (Wildman–Crippen MR) is 95.7 cm³/mol. The van der Waals surface area contributed by atoms with Crippen LogP contribution in [0.15, 0.2) is 35.7 Å². The number of nitrogens with zero attached hydrogens (tertiary/aromatic N) is 2. The van der Waals surface area contributed by atoms with Gasteiger partial charge < -0.3 is 9.30 Å². The van der Waals surface area contributed by atoms with Gasteiger partial charge in [-0.25, -0.2) is 4.98 Å². The number of esters is 1. The van der Waals surface area contributed by atoms with Crippen molar-refractivity contribution in [1.29, 1.82) is 0 Å². The number of thiophene rings is 1. The molecule has 1 aliphatic rings. The van der Waals surface area contributed by atoms with Crippen LogP contribution in [0.1, 0.15) is 23.4 Å². The van der Waals surface area contributed by atoms with Crippen molar-refractivity contribution in [3.05, 3.63) is 46.2 Å². The van der Waals surface area contributed by atoms with Gasteiger partial charge in [0.1, 0.15) is 0 Å². The first-order chi connectivity index (χ1) is 12.1. The van der Waals surface area contributed by atoms with Crippen molar-refractivity contribution in [3.8, 4) is 0 Å². The Morgan fingerprint density at radius 3 is 2.88 bits per heavy atom. The number of carbonyl (C=O) groups is 2. The molecule has 0 spiro atoms. The molecule has 0 aliphatic carbocycles. The number of hydrogen-bond acceptors (Lipinski definition) is 5. The lowest BCUT2D eigenvalue weighted by Gasteiger charge is -2.31. The molecule has 6 nitrogen and oxygen atoms in total. The fourth-order valence-electron chi connectivity index (χ4n) is 3.32. The maximum absolute atomic E-state index is 12.7. The molecular formula is C18H17N3O3S. The molecule has 0 saturated carbocycles. The summed E-state index contributed by atoms with van der Waals surface area (Å²) in [4.78, 5) is 30.8. The van der Waals surface area contributed by atoms with E-state index in [0.29, 0.717) is 5.95 Å². The minimum Gasteiger partial charge on any atom is -0.465 e. The summed E-state index contributed by atoms with van der Waals surface area (Å²) in [6, 6.07) is 9.19. The first kappa shape index (κ1) is 15.8. The van der Waals surface area contributed by atoms with E-state index in [4.69, 9.17) is 4.74 Å². The van der Waals surface area contributed by atoms with Gasteiger partial charge in [-0.1, -0.05) is 12.1 Å². The highest BCUT2D eigenvalue weighted by Gasteiger charge is 2.45. The number of imidazole rings is 1. The Hall–Kier alpha value is -2.67. The number of anilines is 1. The summed E-state index contributed by atoms with van der Waals surface area (Å²) >= 11 is 1.54. The van der Waals surface area contributed by atoms with E-state index in [0.717, 1.165) is 21.5 Å². The van der Waals surface area contributed by atoms with Gasteiger partial charge in [0.25, 0.3) is 0 Å². The molecule has 0 saturated heterocycles. The summed E-state index contributed by atoms with van der Waals surface area (Å²) < 4.78 is 7.14. The molecule has 2 aromatic heterocycles. The van der Waals surface area contributed by atoms with Crippen molar-refractivity contribution < 1.29 is 14.3 Å². The number of para-hydroxylation sites is 2. The van der Waals surface area contributed by atoms with Gasteiger partial charge in [-0.05, 0) is 43.0 Å². The van der Waals surface area contributed by atoms with Crippen molar-refractivity contribution in [1.82, 2.24) is 9.55 Å². The lowest BCUT2D eigenvalue weighted by molar-refractivity contribution is -0.152. The molecule has 2 atom stereocenters. The standard InChI is InChI=1S/C18H17N3O3S/c1-3-24-17(23)13-14(15-10(2)8-9-25-15)21-12-7-5-4-6-11(12)19-18(21)20-16(13)22/h4-9,13-14H,3H2,1-2H3,(H,19,20,22). The average molecular weight is 355 g/mol. The normalized spacial score (nSPS) is 19.5. The zero-order chi connectivity index (χ0) is 17.6. The summed E-state index contributed by atoms with van der Waals surface area (Å²) in [5.41, 5.74) is 2.70. The van der Waals surface area contributed by atoms with E-state index in [1.54, 1.807) is 6.92 Å². The van der Waals surface area contributed by atoms with Crippen LogP contribution in [0.2, 0.25) is 0 Å². The molecule has 1 aromatic carbocycles. The first-order valence-electron chi connectivity index (χ1n) is 8.10. The predicted octanol–water partition coefficient (Wildman–Crippen LogP) is 3.13. The van der Waals surface area contributed by atoms with Crippen molar-refractivity contribution in [2.45, 2.75) is 19.9 Å². The Labute approximate surface area is 148 Å². The van der Waals surface area contributed by atoms with Gasteiger partial charge >= 0.3 is 5.97 Å². The van der Waals surface area contributed by atoms with Crippen LogP contribution in [0.3, 0.4) is 0 Å². The smallest absolute Gasteiger partial charge is 0.321 e. The number of aryl methyl sites for hydroxylation is 1. The number of fused-ring (bicyclic) bond motifs is 3. The Kier molecular flexibility index (Phi) is 3.80. The Morgan fingerprint density at radius 1 is 1.36 bits per heavy atom. The second kappa shape index (κ2) is 6.00. The third-order valence-electron chi connectivity index (χ3n) is 4.42. The maximum Gasteiger partial charge on any atom is 0.321 e. The third-order valence-corrected chi connectivity index (χ3v) is 5.51. The largest absolute Gasteiger partial charge is 0.465 e. The number of nitrogens with one attached hydrogen (secondary N) is 1. The van der Waals surface area contributed by atoms with Gasteiger partial charge in [0.15, 0.2) is 5.92 Å². The zero-order valence-corrected chi connectivity index (χ0v) is 14.7. The topological polar surface area (TPSA) is 73.2 Å². The molecule has 3 aromatic rings. The molecule has 1 amide bonds. The lowest BCUT2D eigenvalue weighted by Crippen LogP contribution is -2.43. The van der Waals surface area contributed by atoms with Crippen LogP contribution in [0, 0.1) is 12.8 Å². The van der Waals surface area contributed by atoms with Crippen LogP contribution in [0.25, 0.3) is 11.0 Å². The summed E-state index contributed by atoms with van der Waals surface area (Å²) in [6.45, 7) is 3.96. The first-order valence-corrected chi connectivity index (χ1v) is 8.98. The molecule has 0 bridgehead atoms. The highest BCUT2D eigenvalue weighted by molar-refractivity contribution is 7.10. The fourth-order valence-corrected chi connectivity index (χ4v) is 4.37. The van der Waals surface area contributed by atoms with E-state index in [9.17, 15) is 9.59 Å². The summed E-state index contributed by atoms with van der Waals surface area (Å²) in [6.07, 6.45) is 0. The molecule has 128 valence electrons. The van der Waals surface area contributed by atoms with Gasteiger partial charge in [-0.3, -0.25) is 14.9 Å². The van der Waals surface area contributed by atoms with Gasteiger partial charge in [-0.15, -0.1) is 11.3 Å². The fraction of sp³-hybridized carbons (Fsp3) is 0.278. The molecule has 1 N–H and O–H groups in total. The summed E-state index contributed by atoms with van der Waals surface area (Å²) in [7, 11) is 0. The monoisotopic (exact) mass is 355 g/mol. The lowest BCUT2D eigenvalue weighted by atomic mass is 9.93. The van der Waals surface area contributed by atoms with Crippen LogP contribution >= 0.6 is 11.3 Å². The molecule has 3 heterocycles. The second-order valence-electron chi connectivity index (χ2n) is 5.93. The second-order valence-corrected chi connectivity index (χ2v) is 6.87. The average Bonchev–Trinajstić information content (AvgIpc) is 3.16. The Morgan fingerprint density at radius 2 is 2.16 bits per heavy atom. The number of rotatable bonds is 3. The van der Waals surface area contributed by atoms with Gasteiger partial charge in [0.05, 0.1) is 23.7 Å². The van der Waals surface area contributed by atoms with Gasteiger partial charge in [0, 0.05) is 4.88 Å². The number of benzene rings is 1. The third kappa shape index (κ3) is 2.42. The van der Waals surface area contributed by atoms with E-state index in [1.807, 2.05) is 47.2 Å². The van der Waals surface area contributed by atoms with Crippen molar-refractivity contribution in [3.63, 3.8) is 0 Å². The molecule has 0 radical (unpaired) electrons. The minimum absolute atomic E-state index is 0.232. The SMILES string of the molecule is CCOC(=O)C1C(=O)Nc2nc3ccccc3n2C1c1sccc1C. The summed E-state index contributed by atoms with van der Waals surface area (Å²) in [5, 5.41) is 4.74. The maximum atomic E-state index is 12.7. The number of hydrogen-bond donors (Lipinski definition) is 1. The number of aromatic nitrogens is 2. The van der Waals surface area contributed by atoms with Crippen LogP contribution in [0.4, 0.5) is 5.95 Å². The van der Waals surface area contributed by atoms with Crippen LogP contribution in [0.5, 0.6) is 0 Å². The molecule has 2 unspecified atom stereocenters. The van der Waals surface area contributed by atoms with Crippen LogP contribution in [-0.2, 0) is 14.3 Å². The van der Waals surface area contributed by atoms with Crippen molar-refractivity contribution in [2.24, 2.45) is 5.92 Å². The number of carbonyl (C=O) groups excluding carboxylic acids is 2. The molecule has 25 heavy (non-hydrogen) atoms. The van der Waals surface area contributed by atoms with E-state index in [2.05, 4.69) is 10.3 Å². The zero-order valence-electron chi connectivity index (χ0n) is 13.9.